The third kappa shape index (κ3) is 6.60. The van der Waals surface area contributed by atoms with Gasteiger partial charge in [-0.3, -0.25) is 9.69 Å². The van der Waals surface area contributed by atoms with Crippen molar-refractivity contribution in [3.8, 4) is 0 Å². The molecule has 1 heterocycles. The van der Waals surface area contributed by atoms with E-state index in [0.29, 0.717) is 41.4 Å². The molecule has 0 saturated carbocycles. The number of fused-ring (bicyclic) bond motifs is 1. The van der Waals surface area contributed by atoms with Crippen molar-refractivity contribution in [1.29, 1.82) is 0 Å². The largest absolute Gasteiger partial charge is 0.466 e. The molecule has 0 radical (unpaired) electrons. The summed E-state index contributed by atoms with van der Waals surface area (Å²) in [5.41, 5.74) is -2.19. The lowest BCUT2D eigenvalue weighted by Crippen LogP contribution is -2.45. The maximum Gasteiger partial charge on any atom is 0.416 e. The van der Waals surface area contributed by atoms with Crippen LogP contribution in [-0.4, -0.2) is 43.8 Å². The van der Waals surface area contributed by atoms with E-state index >= 15 is 0 Å². The second-order valence-corrected chi connectivity index (χ2v) is 8.93. The Balaban J connectivity index is 2.06. The quantitative estimate of drug-likeness (QED) is 0.291. The predicted molar refractivity (Wildman–Crippen MR) is 122 cm³/mol. The Labute approximate surface area is 213 Å². The Kier molecular flexibility index (Phi) is 8.51. The van der Waals surface area contributed by atoms with E-state index in [2.05, 4.69) is 0 Å². The number of ether oxygens (including phenoxy) is 2. The number of anilines is 1. The minimum Gasteiger partial charge on any atom is -0.466 e. The zero-order chi connectivity index (χ0) is 27.5. The molecule has 0 aliphatic carbocycles. The molecule has 202 valence electrons. The molecule has 2 aromatic carbocycles. The molecule has 0 spiro atoms. The summed E-state index contributed by atoms with van der Waals surface area (Å²) in [6.45, 7) is 1.95. The zero-order valence-electron chi connectivity index (χ0n) is 19.7. The normalized spacial score (nSPS) is 16.6. The molecule has 6 nitrogen and oxygen atoms in total. The number of alkyl halides is 6. The number of hydrogen-bond donors (Lipinski definition) is 0. The third-order valence-electron chi connectivity index (χ3n) is 6.02. The molecule has 2 unspecified atom stereocenters. The number of methoxy groups -OCH3 is 1. The summed E-state index contributed by atoms with van der Waals surface area (Å²) in [7, 11) is 1.06. The average molecular weight is 553 g/mol. The van der Waals surface area contributed by atoms with Crippen molar-refractivity contribution >= 4 is 29.9 Å². The van der Waals surface area contributed by atoms with Crippen molar-refractivity contribution in [1.82, 2.24) is 4.90 Å². The highest BCUT2D eigenvalue weighted by Crippen LogP contribution is 2.42. The monoisotopic (exact) mass is 552 g/mol. The van der Waals surface area contributed by atoms with E-state index in [1.54, 1.807) is 18.2 Å². The van der Waals surface area contributed by atoms with E-state index in [9.17, 15) is 35.9 Å². The highest BCUT2D eigenvalue weighted by Gasteiger charge is 2.39. The van der Waals surface area contributed by atoms with Crippen LogP contribution in [0.2, 0.25) is 5.02 Å². The summed E-state index contributed by atoms with van der Waals surface area (Å²) in [6, 6.07) is 5.01. The van der Waals surface area contributed by atoms with E-state index in [1.165, 1.54) is 0 Å². The van der Waals surface area contributed by atoms with E-state index in [-0.39, 0.29) is 30.7 Å². The SMILES string of the molecule is COC(=O)N(Cc1cc(C(F)(F)F)cc(C(F)(F)F)c1)C1CCN(C(C)COC=O)c2ccc(Cl)cc21. The minimum absolute atomic E-state index is 0.0301. The molecule has 0 bridgehead atoms. The molecule has 0 aromatic heterocycles. The van der Waals surface area contributed by atoms with E-state index in [1.807, 2.05) is 11.8 Å². The second-order valence-electron chi connectivity index (χ2n) is 8.49. The Morgan fingerprint density at radius 1 is 1.14 bits per heavy atom. The number of rotatable bonds is 7. The van der Waals surface area contributed by atoms with Crippen molar-refractivity contribution in [3.63, 3.8) is 0 Å². The van der Waals surface area contributed by atoms with Gasteiger partial charge >= 0.3 is 18.4 Å². The molecule has 37 heavy (non-hydrogen) atoms. The van der Waals surface area contributed by atoms with Crippen molar-refractivity contribution in [2.45, 2.75) is 44.3 Å². The zero-order valence-corrected chi connectivity index (χ0v) is 20.5. The van der Waals surface area contributed by atoms with Gasteiger partial charge in [-0.2, -0.15) is 26.3 Å². The molecule has 2 atom stereocenters. The summed E-state index contributed by atoms with van der Waals surface area (Å²) in [4.78, 5) is 26.4. The number of nitrogens with zero attached hydrogens (tertiary/aromatic N) is 2. The standard InChI is InChI=1S/C24H23ClF6N2O4/c1-14(12-37-13-34)32-6-5-21(19-10-18(25)3-4-20(19)32)33(22(35)36-2)11-15-7-16(23(26,27)28)9-17(8-15)24(29,30)31/h3-4,7-10,13-14,21H,5-6,11-12H2,1-2H3. The number of amides is 1. The lowest BCUT2D eigenvalue weighted by atomic mass is 9.93. The van der Waals surface area contributed by atoms with Gasteiger partial charge in [-0.25, -0.2) is 4.79 Å². The number of hydrogen-bond acceptors (Lipinski definition) is 5. The Hall–Kier alpha value is -3.15. The number of benzene rings is 2. The topological polar surface area (TPSA) is 59.1 Å². The minimum atomic E-state index is -5.03. The number of carbonyl (C=O) groups excluding carboxylic acids is 2. The van der Waals surface area contributed by atoms with E-state index in [4.69, 9.17) is 21.1 Å². The van der Waals surface area contributed by atoms with Gasteiger partial charge in [-0.05, 0) is 60.9 Å². The predicted octanol–water partition coefficient (Wildman–Crippen LogP) is 6.46. The Morgan fingerprint density at radius 2 is 1.76 bits per heavy atom. The van der Waals surface area contributed by atoms with Crippen LogP contribution in [0.15, 0.2) is 36.4 Å². The molecule has 0 saturated heterocycles. The van der Waals surface area contributed by atoms with Crippen molar-refractivity contribution < 1.29 is 45.4 Å². The maximum atomic E-state index is 13.4. The third-order valence-corrected chi connectivity index (χ3v) is 6.26. The van der Waals surface area contributed by atoms with Crippen molar-refractivity contribution in [3.05, 3.63) is 63.7 Å². The second kappa shape index (κ2) is 11.1. The number of halogens is 7. The first-order valence-electron chi connectivity index (χ1n) is 11.0. The van der Waals surface area contributed by atoms with Crippen LogP contribution in [0.3, 0.4) is 0 Å². The fraction of sp³-hybridized carbons (Fsp3) is 0.417. The van der Waals surface area contributed by atoms with Crippen LogP contribution in [0.1, 0.15) is 41.6 Å². The summed E-state index contributed by atoms with van der Waals surface area (Å²) >= 11 is 6.20. The molecule has 3 rings (SSSR count). The van der Waals surface area contributed by atoms with Crippen LogP contribution < -0.4 is 4.90 Å². The van der Waals surface area contributed by atoms with Gasteiger partial charge in [0.2, 0.25) is 0 Å². The van der Waals surface area contributed by atoms with Crippen LogP contribution in [-0.2, 0) is 33.2 Å². The fourth-order valence-corrected chi connectivity index (χ4v) is 4.55. The molecule has 0 fully saturated rings. The van der Waals surface area contributed by atoms with Crippen molar-refractivity contribution in [2.75, 3.05) is 25.2 Å². The van der Waals surface area contributed by atoms with E-state index < -0.39 is 42.2 Å². The van der Waals surface area contributed by atoms with Gasteiger partial charge in [0.1, 0.15) is 6.61 Å². The smallest absolute Gasteiger partial charge is 0.416 e. The molecule has 1 aliphatic heterocycles. The average Bonchev–Trinajstić information content (AvgIpc) is 2.83. The molecule has 1 amide bonds. The summed E-state index contributed by atoms with van der Waals surface area (Å²) in [5, 5.41) is 0.311. The maximum absolute atomic E-state index is 13.4. The first-order valence-corrected chi connectivity index (χ1v) is 11.4. The van der Waals surface area contributed by atoms with E-state index in [0.717, 1.165) is 12.0 Å². The number of carbonyl (C=O) groups is 2. The van der Waals surface area contributed by atoms with Crippen LogP contribution in [0.4, 0.5) is 36.8 Å². The molecule has 2 aromatic rings. The summed E-state index contributed by atoms with van der Waals surface area (Å²) in [6.07, 6.45) is -10.7. The van der Waals surface area contributed by atoms with Gasteiger partial charge in [0.25, 0.3) is 6.47 Å². The first kappa shape index (κ1) is 28.4. The van der Waals surface area contributed by atoms with Crippen LogP contribution >= 0.6 is 11.6 Å². The van der Waals surface area contributed by atoms with Gasteiger partial charge < -0.3 is 14.4 Å². The summed E-state index contributed by atoms with van der Waals surface area (Å²) in [5.74, 6) is 0. The lowest BCUT2D eigenvalue weighted by molar-refractivity contribution is -0.143. The Bertz CT molecular complexity index is 1110. The van der Waals surface area contributed by atoms with Crippen LogP contribution in [0.25, 0.3) is 0 Å². The molecular weight excluding hydrogens is 530 g/mol. The highest BCUT2D eigenvalue weighted by atomic mass is 35.5. The summed E-state index contributed by atoms with van der Waals surface area (Å²) < 4.78 is 90.0. The van der Waals surface area contributed by atoms with Crippen molar-refractivity contribution in [2.24, 2.45) is 0 Å². The Morgan fingerprint density at radius 3 is 2.30 bits per heavy atom. The fourth-order valence-electron chi connectivity index (χ4n) is 4.37. The highest BCUT2D eigenvalue weighted by molar-refractivity contribution is 6.30. The molecule has 13 heteroatoms. The molecule has 1 aliphatic rings. The molecule has 0 N–H and O–H groups in total. The van der Waals surface area contributed by atoms with Crippen LogP contribution in [0.5, 0.6) is 0 Å². The van der Waals surface area contributed by atoms with Gasteiger partial charge in [-0.15, -0.1) is 0 Å². The lowest BCUT2D eigenvalue weighted by Gasteiger charge is -2.42. The van der Waals surface area contributed by atoms with Gasteiger partial charge in [0, 0.05) is 23.8 Å². The van der Waals surface area contributed by atoms with Crippen LogP contribution in [0, 0.1) is 0 Å². The van der Waals surface area contributed by atoms with Gasteiger partial charge in [0.05, 0.1) is 30.3 Å². The van der Waals surface area contributed by atoms with Gasteiger partial charge in [-0.1, -0.05) is 11.6 Å². The van der Waals surface area contributed by atoms with Gasteiger partial charge in [0.15, 0.2) is 0 Å². The first-order chi connectivity index (χ1) is 17.3. The molecular formula is C24H23ClF6N2O4.